The van der Waals surface area contributed by atoms with Crippen molar-refractivity contribution in [1.29, 1.82) is 0 Å². The highest BCUT2D eigenvalue weighted by molar-refractivity contribution is 7.42. The fourth-order valence-electron chi connectivity index (χ4n) is 0.531. The fourth-order valence-corrected chi connectivity index (χ4v) is 1.37. The summed E-state index contributed by atoms with van der Waals surface area (Å²) >= 11 is 0. The van der Waals surface area contributed by atoms with Crippen molar-refractivity contribution in [3.63, 3.8) is 0 Å². The third-order valence-electron chi connectivity index (χ3n) is 1.10. The van der Waals surface area contributed by atoms with Gasteiger partial charge in [-0.15, -0.1) is 0 Å². The molecule has 1 aliphatic rings. The maximum Gasteiger partial charge on any atom is 0.385 e. The number of nitrogens with zero attached hydrogens (tertiary/aromatic N) is 1. The van der Waals surface area contributed by atoms with E-state index in [-0.39, 0.29) is 0 Å². The molecule has 7 heteroatoms. The van der Waals surface area contributed by atoms with Gasteiger partial charge in [-0.2, -0.15) is 0 Å². The first-order valence-electron chi connectivity index (χ1n) is 2.32. The highest BCUT2D eigenvalue weighted by Crippen LogP contribution is 2.45. The minimum absolute atomic E-state index is 1.49. The van der Waals surface area contributed by atoms with Crippen molar-refractivity contribution in [3.8, 4) is 0 Å². The maximum atomic E-state index is 10.3. The molecule has 6 nitrogen and oxygen atoms in total. The lowest BCUT2D eigenvalue weighted by Gasteiger charge is -2.25. The number of hydrogen-bond donors (Lipinski definition) is 3. The molecule has 0 saturated carbocycles. The molecule has 0 fully saturated rings. The minimum atomic E-state index is -2.64. The van der Waals surface area contributed by atoms with Gasteiger partial charge in [-0.1, -0.05) is 4.74 Å². The van der Waals surface area contributed by atoms with Crippen LogP contribution >= 0.6 is 7.94 Å². The van der Waals surface area contributed by atoms with Crippen molar-refractivity contribution < 1.29 is 25.0 Å². The molecular formula is C3H4NO5P. The van der Waals surface area contributed by atoms with Crippen LogP contribution in [0.25, 0.3) is 0 Å². The van der Waals surface area contributed by atoms with E-state index in [1.54, 1.807) is 0 Å². The van der Waals surface area contributed by atoms with E-state index in [1.165, 1.54) is 0 Å². The standard InChI is InChI=1S/C3H4NO5P/c5-2(6)1-3(7,8)10(9)4-1/h1,7-8H,(H,5,6). The van der Waals surface area contributed by atoms with Crippen molar-refractivity contribution in [1.82, 2.24) is 0 Å². The van der Waals surface area contributed by atoms with Crippen molar-refractivity contribution in [3.05, 3.63) is 0 Å². The van der Waals surface area contributed by atoms with Crippen LogP contribution in [0.1, 0.15) is 0 Å². The highest BCUT2D eigenvalue weighted by atomic mass is 31.1. The van der Waals surface area contributed by atoms with E-state index >= 15 is 0 Å². The first kappa shape index (κ1) is 7.56. The number of carbonyl (C=O) groups is 1. The maximum absolute atomic E-state index is 10.3. The van der Waals surface area contributed by atoms with Crippen molar-refractivity contribution in [2.45, 2.75) is 11.6 Å². The molecule has 0 bridgehead atoms. The summed E-state index contributed by atoms with van der Waals surface area (Å²) in [5.41, 5.74) is -2.64. The molecule has 0 spiro atoms. The van der Waals surface area contributed by atoms with E-state index in [0.29, 0.717) is 0 Å². The zero-order valence-electron chi connectivity index (χ0n) is 4.63. The van der Waals surface area contributed by atoms with Crippen LogP contribution in [-0.2, 0) is 4.79 Å². The van der Waals surface area contributed by atoms with E-state index in [2.05, 4.69) is 4.74 Å². The summed E-state index contributed by atoms with van der Waals surface area (Å²) in [5, 5.41) is 25.4. The van der Waals surface area contributed by atoms with Crippen LogP contribution < -0.4 is 4.89 Å². The molecule has 0 aromatic rings. The van der Waals surface area contributed by atoms with Gasteiger partial charge in [-0.3, -0.25) is 0 Å². The first-order chi connectivity index (χ1) is 4.46. The Balaban J connectivity index is 2.82. The number of carboxylic acid groups (broad SMARTS) is 1. The molecule has 1 heterocycles. The largest absolute Gasteiger partial charge is 0.608 e. The second-order valence-electron chi connectivity index (χ2n) is 1.82. The van der Waals surface area contributed by atoms with Crippen LogP contribution in [-0.4, -0.2) is 32.9 Å². The average Bonchev–Trinajstić information content (AvgIpc) is 1.82. The Labute approximate surface area is 56.3 Å². The number of hydrogen-bond acceptors (Lipinski definition) is 5. The summed E-state index contributed by atoms with van der Waals surface area (Å²) in [6, 6.07) is -1.66. The summed E-state index contributed by atoms with van der Waals surface area (Å²) in [4.78, 5) is 20.3. The topological polar surface area (TPSA) is 113 Å². The van der Waals surface area contributed by atoms with Gasteiger partial charge < -0.3 is 20.2 Å². The lowest BCUT2D eigenvalue weighted by molar-refractivity contribution is -0.218. The van der Waals surface area contributed by atoms with E-state index in [4.69, 9.17) is 15.3 Å². The van der Waals surface area contributed by atoms with E-state index < -0.39 is 25.5 Å². The summed E-state index contributed by atoms with van der Waals surface area (Å²) in [7, 11) is -2.53. The molecule has 0 aliphatic carbocycles. The Morgan fingerprint density at radius 1 is 1.70 bits per heavy atom. The van der Waals surface area contributed by atoms with Crippen LogP contribution in [0.15, 0.2) is 4.74 Å². The smallest absolute Gasteiger partial charge is 0.385 e. The minimum Gasteiger partial charge on any atom is -0.608 e. The summed E-state index contributed by atoms with van der Waals surface area (Å²) < 4.78 is 2.98. The third kappa shape index (κ3) is 0.819. The molecule has 0 saturated heterocycles. The van der Waals surface area contributed by atoms with Gasteiger partial charge in [0.15, 0.2) is 0 Å². The van der Waals surface area contributed by atoms with Crippen LogP contribution in [0.5, 0.6) is 0 Å². The molecule has 2 unspecified atom stereocenters. The molecule has 0 amide bonds. The van der Waals surface area contributed by atoms with E-state index in [9.17, 15) is 9.69 Å². The lowest BCUT2D eigenvalue weighted by Crippen LogP contribution is -2.50. The fraction of sp³-hybridized carbons (Fsp3) is 0.667. The second-order valence-corrected chi connectivity index (χ2v) is 3.25. The first-order valence-corrected chi connectivity index (χ1v) is 3.53. The second kappa shape index (κ2) is 1.96. The Bertz CT molecular complexity index is 211. The Hall–Kier alpha value is -0.550. The molecule has 2 atom stereocenters. The summed E-state index contributed by atoms with van der Waals surface area (Å²) in [6.07, 6.45) is 0. The van der Waals surface area contributed by atoms with Crippen LogP contribution in [0.4, 0.5) is 0 Å². The lowest BCUT2D eigenvalue weighted by atomic mass is 10.3. The van der Waals surface area contributed by atoms with Crippen molar-refractivity contribution in [2.24, 2.45) is 4.74 Å². The Morgan fingerprint density at radius 3 is 2.30 bits per heavy atom. The zero-order valence-corrected chi connectivity index (χ0v) is 5.52. The quantitative estimate of drug-likeness (QED) is 0.308. The SMILES string of the molecule is O=C(O)C1N=[P+]([O-])C1(O)O. The van der Waals surface area contributed by atoms with Gasteiger partial charge in [-0.05, 0) is 0 Å². The average molecular weight is 165 g/mol. The summed E-state index contributed by atoms with van der Waals surface area (Å²) in [6.45, 7) is 0. The van der Waals surface area contributed by atoms with Gasteiger partial charge in [-0.25, -0.2) is 4.79 Å². The molecule has 1 rings (SSSR count). The van der Waals surface area contributed by atoms with Crippen molar-refractivity contribution in [2.75, 3.05) is 0 Å². The molecule has 1 aliphatic heterocycles. The van der Waals surface area contributed by atoms with Crippen LogP contribution in [0.3, 0.4) is 0 Å². The normalized spacial score (nSPS) is 32.3. The number of aliphatic hydroxyl groups is 2. The number of rotatable bonds is 1. The zero-order chi connectivity index (χ0) is 7.94. The molecule has 0 radical (unpaired) electrons. The molecule has 56 valence electrons. The molecule has 10 heavy (non-hydrogen) atoms. The number of aliphatic carboxylic acids is 1. The molecule has 0 aromatic carbocycles. The van der Waals surface area contributed by atoms with Gasteiger partial charge in [0.2, 0.25) is 7.94 Å². The van der Waals surface area contributed by atoms with Crippen LogP contribution in [0.2, 0.25) is 0 Å². The summed E-state index contributed by atoms with van der Waals surface area (Å²) in [5.74, 6) is -1.49. The van der Waals surface area contributed by atoms with Crippen LogP contribution in [0, 0.1) is 0 Å². The van der Waals surface area contributed by atoms with Gasteiger partial charge in [0, 0.05) is 0 Å². The number of carboxylic acids is 1. The highest BCUT2D eigenvalue weighted by Gasteiger charge is 2.60. The van der Waals surface area contributed by atoms with Gasteiger partial charge in [0.05, 0.1) is 0 Å². The Morgan fingerprint density at radius 2 is 2.20 bits per heavy atom. The Kier molecular flexibility index (Phi) is 1.48. The predicted molar refractivity (Wildman–Crippen MR) is 27.9 cm³/mol. The van der Waals surface area contributed by atoms with E-state index in [1.807, 2.05) is 0 Å². The predicted octanol–water partition coefficient (Wildman–Crippen LogP) is -1.97. The molecule has 0 aromatic heterocycles. The molecule has 3 N–H and O–H groups in total. The third-order valence-corrected chi connectivity index (χ3v) is 2.35. The monoisotopic (exact) mass is 165 g/mol. The van der Waals surface area contributed by atoms with Gasteiger partial charge in [0.25, 0.3) is 6.04 Å². The van der Waals surface area contributed by atoms with E-state index in [0.717, 1.165) is 0 Å². The van der Waals surface area contributed by atoms with Crippen molar-refractivity contribution >= 4 is 13.9 Å². The molecular weight excluding hydrogens is 161 g/mol. The van der Waals surface area contributed by atoms with Gasteiger partial charge in [0.1, 0.15) is 0 Å². The van der Waals surface area contributed by atoms with Gasteiger partial charge >= 0.3 is 11.5 Å².